The fourth-order valence-corrected chi connectivity index (χ4v) is 5.08. The summed E-state index contributed by atoms with van der Waals surface area (Å²) < 4.78 is 13.9. The number of benzene rings is 1. The zero-order valence-corrected chi connectivity index (χ0v) is 21.7. The standard InChI is InChI=1S/C28H38FN3.C2H5N/c1-22(32-16-4-5-17-32)24-7-9-25(10-8-24)26-11-13-27(30-20-26)12-6-23-14-18-31(19-15-23)21-28(2,3)29;1-2-3/h7-11,13,20,23H,1,4-6,12,14-19,21H2,2-3H3;2H,1,3H2. The lowest BCUT2D eigenvalue weighted by Crippen LogP contribution is -2.41. The normalized spacial score (nSPS) is 17.1. The minimum atomic E-state index is -1.10. The molecule has 3 heterocycles. The molecule has 0 amide bonds. The van der Waals surface area contributed by atoms with Gasteiger partial charge in [0.25, 0.3) is 0 Å². The molecule has 2 aromatic rings. The number of hydrogen-bond acceptors (Lipinski definition) is 4. The van der Waals surface area contributed by atoms with Gasteiger partial charge < -0.3 is 15.5 Å². The summed E-state index contributed by atoms with van der Waals surface area (Å²) in [6.45, 7) is 15.6. The Hall–Kier alpha value is -2.66. The first-order valence-corrected chi connectivity index (χ1v) is 13.0. The zero-order chi connectivity index (χ0) is 25.3. The first-order chi connectivity index (χ1) is 16.8. The third kappa shape index (κ3) is 8.50. The lowest BCUT2D eigenvalue weighted by molar-refractivity contribution is 0.0942. The van der Waals surface area contributed by atoms with Gasteiger partial charge in [-0.1, -0.05) is 43.5 Å². The number of hydrogen-bond donors (Lipinski definition) is 1. The van der Waals surface area contributed by atoms with E-state index in [1.54, 1.807) is 13.8 Å². The Morgan fingerprint density at radius 2 is 1.66 bits per heavy atom. The summed E-state index contributed by atoms with van der Waals surface area (Å²) in [6, 6.07) is 13.1. The molecule has 4 nitrogen and oxygen atoms in total. The molecule has 0 saturated carbocycles. The van der Waals surface area contributed by atoms with Crippen LogP contribution in [0.5, 0.6) is 0 Å². The van der Waals surface area contributed by atoms with Crippen molar-refractivity contribution in [3.05, 3.63) is 73.2 Å². The number of likely N-dealkylation sites (tertiary alicyclic amines) is 2. The number of nitrogens with two attached hydrogens (primary N) is 1. The minimum absolute atomic E-state index is 0.552. The molecule has 2 aliphatic rings. The Balaban J connectivity index is 0.00000108. The van der Waals surface area contributed by atoms with Crippen LogP contribution in [0, 0.1) is 5.92 Å². The molecule has 35 heavy (non-hydrogen) atoms. The number of rotatable bonds is 8. The van der Waals surface area contributed by atoms with Crippen molar-refractivity contribution >= 4 is 5.70 Å². The Morgan fingerprint density at radius 3 is 2.20 bits per heavy atom. The van der Waals surface area contributed by atoms with E-state index < -0.39 is 5.67 Å². The number of halogens is 1. The summed E-state index contributed by atoms with van der Waals surface area (Å²) in [7, 11) is 0. The first-order valence-electron chi connectivity index (χ1n) is 13.0. The summed E-state index contributed by atoms with van der Waals surface area (Å²) in [5.41, 5.74) is 9.39. The Bertz CT molecular complexity index is 916. The fraction of sp³-hybridized carbons (Fsp3) is 0.500. The maximum Gasteiger partial charge on any atom is 0.118 e. The topological polar surface area (TPSA) is 45.4 Å². The Kier molecular flexibility index (Phi) is 9.91. The maximum atomic E-state index is 13.9. The monoisotopic (exact) mass is 478 g/mol. The second-order valence-corrected chi connectivity index (χ2v) is 10.5. The van der Waals surface area contributed by atoms with Crippen LogP contribution in [0.2, 0.25) is 0 Å². The van der Waals surface area contributed by atoms with Gasteiger partial charge in [-0.3, -0.25) is 4.98 Å². The summed E-state index contributed by atoms with van der Waals surface area (Å²) in [5, 5.41) is 0. The second-order valence-electron chi connectivity index (χ2n) is 10.5. The molecule has 2 aliphatic heterocycles. The molecule has 0 spiro atoms. The van der Waals surface area contributed by atoms with Crippen LogP contribution < -0.4 is 5.73 Å². The molecule has 2 saturated heterocycles. The van der Waals surface area contributed by atoms with E-state index in [2.05, 4.69) is 65.1 Å². The van der Waals surface area contributed by atoms with Crippen molar-refractivity contribution in [2.45, 2.75) is 58.0 Å². The molecule has 0 atom stereocenters. The highest BCUT2D eigenvalue weighted by Crippen LogP contribution is 2.27. The molecule has 5 heteroatoms. The van der Waals surface area contributed by atoms with E-state index in [4.69, 9.17) is 4.98 Å². The largest absolute Gasteiger partial charge is 0.405 e. The van der Waals surface area contributed by atoms with Crippen LogP contribution in [0.3, 0.4) is 0 Å². The third-order valence-corrected chi connectivity index (χ3v) is 6.98. The first kappa shape index (κ1) is 26.9. The van der Waals surface area contributed by atoms with Crippen LogP contribution in [0.4, 0.5) is 4.39 Å². The summed E-state index contributed by atoms with van der Waals surface area (Å²) >= 11 is 0. The molecule has 0 bridgehead atoms. The van der Waals surface area contributed by atoms with E-state index in [-0.39, 0.29) is 0 Å². The van der Waals surface area contributed by atoms with Gasteiger partial charge in [0.1, 0.15) is 5.67 Å². The lowest BCUT2D eigenvalue weighted by atomic mass is 9.91. The predicted octanol–water partition coefficient (Wildman–Crippen LogP) is 6.30. The van der Waals surface area contributed by atoms with E-state index in [0.717, 1.165) is 49.8 Å². The predicted molar refractivity (Wildman–Crippen MR) is 147 cm³/mol. The highest BCUT2D eigenvalue weighted by atomic mass is 19.1. The van der Waals surface area contributed by atoms with E-state index in [1.807, 2.05) is 6.20 Å². The number of aryl methyl sites for hydroxylation is 1. The Morgan fingerprint density at radius 1 is 1.06 bits per heavy atom. The van der Waals surface area contributed by atoms with Crippen LogP contribution in [-0.2, 0) is 6.42 Å². The molecule has 1 aromatic carbocycles. The van der Waals surface area contributed by atoms with Gasteiger partial charge in [0, 0.05) is 42.8 Å². The SMILES string of the molecule is C=C(c1ccc(-c2ccc(CCC3CCN(CC(C)(C)F)CC3)nc2)cc1)N1CCCC1.C=CN. The van der Waals surface area contributed by atoms with Crippen molar-refractivity contribution in [2.75, 3.05) is 32.7 Å². The molecule has 4 rings (SSSR count). The van der Waals surface area contributed by atoms with E-state index in [0.29, 0.717) is 6.54 Å². The molecule has 190 valence electrons. The quantitative estimate of drug-likeness (QED) is 0.484. The van der Waals surface area contributed by atoms with E-state index in [1.165, 1.54) is 55.1 Å². The molecule has 2 N–H and O–H groups in total. The van der Waals surface area contributed by atoms with Crippen LogP contribution in [0.1, 0.15) is 57.2 Å². The van der Waals surface area contributed by atoms with Gasteiger partial charge >= 0.3 is 0 Å². The minimum Gasteiger partial charge on any atom is -0.405 e. The molecular formula is C30H43FN4. The average molecular weight is 479 g/mol. The van der Waals surface area contributed by atoms with Crippen molar-refractivity contribution in [1.82, 2.24) is 14.8 Å². The smallest absolute Gasteiger partial charge is 0.118 e. The van der Waals surface area contributed by atoms with Crippen molar-refractivity contribution in [1.29, 1.82) is 0 Å². The van der Waals surface area contributed by atoms with Crippen LogP contribution in [0.15, 0.2) is 62.0 Å². The van der Waals surface area contributed by atoms with Gasteiger partial charge in [-0.25, -0.2) is 4.39 Å². The molecule has 1 aromatic heterocycles. The molecule has 2 fully saturated rings. The lowest BCUT2D eigenvalue weighted by Gasteiger charge is -2.34. The fourth-order valence-electron chi connectivity index (χ4n) is 5.08. The number of piperidine rings is 1. The molecule has 0 aliphatic carbocycles. The number of alkyl halides is 1. The van der Waals surface area contributed by atoms with Gasteiger partial charge in [-0.05, 0) is 94.8 Å². The number of aromatic nitrogens is 1. The van der Waals surface area contributed by atoms with Crippen LogP contribution in [-0.4, -0.2) is 53.2 Å². The van der Waals surface area contributed by atoms with Crippen molar-refractivity contribution < 1.29 is 4.39 Å². The zero-order valence-electron chi connectivity index (χ0n) is 21.7. The third-order valence-electron chi connectivity index (χ3n) is 6.98. The van der Waals surface area contributed by atoms with E-state index >= 15 is 0 Å². The highest BCUT2D eigenvalue weighted by Gasteiger charge is 2.25. The van der Waals surface area contributed by atoms with Crippen molar-refractivity contribution in [3.63, 3.8) is 0 Å². The Labute approximate surface area is 211 Å². The molecular weight excluding hydrogens is 435 g/mol. The van der Waals surface area contributed by atoms with Gasteiger partial charge in [0.05, 0.1) is 0 Å². The van der Waals surface area contributed by atoms with Crippen molar-refractivity contribution in [3.8, 4) is 11.1 Å². The summed E-state index contributed by atoms with van der Waals surface area (Å²) in [6.07, 6.45) is 10.3. The molecule has 0 unspecified atom stereocenters. The maximum absolute atomic E-state index is 13.9. The van der Waals surface area contributed by atoms with Crippen molar-refractivity contribution in [2.24, 2.45) is 11.7 Å². The van der Waals surface area contributed by atoms with Gasteiger partial charge in [-0.15, -0.1) is 0 Å². The summed E-state index contributed by atoms with van der Waals surface area (Å²) in [4.78, 5) is 9.40. The molecule has 0 radical (unpaired) electrons. The van der Waals surface area contributed by atoms with Gasteiger partial charge in [0.15, 0.2) is 0 Å². The summed E-state index contributed by atoms with van der Waals surface area (Å²) in [5.74, 6) is 0.728. The number of nitrogens with zero attached hydrogens (tertiary/aromatic N) is 3. The van der Waals surface area contributed by atoms with Gasteiger partial charge in [-0.2, -0.15) is 0 Å². The van der Waals surface area contributed by atoms with Gasteiger partial charge in [0.2, 0.25) is 0 Å². The van der Waals surface area contributed by atoms with Crippen LogP contribution in [0.25, 0.3) is 16.8 Å². The van der Waals surface area contributed by atoms with E-state index in [9.17, 15) is 4.39 Å². The average Bonchev–Trinajstić information content (AvgIpc) is 3.38. The second kappa shape index (κ2) is 12.9. The highest BCUT2D eigenvalue weighted by molar-refractivity contribution is 5.68. The van der Waals surface area contributed by atoms with Crippen LogP contribution >= 0.6 is 0 Å². The number of pyridine rings is 1.